The molecule has 1 heterocycles. The number of alkyl carbamates (subject to hydrolysis) is 1. The van der Waals surface area contributed by atoms with Crippen molar-refractivity contribution in [3.63, 3.8) is 0 Å². The SMILES string of the molecule is COC(=O)[C@H]1CCCCN1C(=O)CNC(=O)OCc1ccccc1. The number of piperidine rings is 1. The van der Waals surface area contributed by atoms with E-state index in [1.807, 2.05) is 30.3 Å². The molecule has 0 saturated carbocycles. The molecule has 2 rings (SSSR count). The van der Waals surface area contributed by atoms with Gasteiger partial charge in [-0.05, 0) is 24.8 Å². The van der Waals surface area contributed by atoms with Crippen LogP contribution in [0, 0.1) is 0 Å². The summed E-state index contributed by atoms with van der Waals surface area (Å²) in [5.41, 5.74) is 0.862. The van der Waals surface area contributed by atoms with Gasteiger partial charge in [-0.3, -0.25) is 4.79 Å². The van der Waals surface area contributed by atoms with Crippen molar-refractivity contribution in [1.82, 2.24) is 10.2 Å². The Hall–Kier alpha value is -2.57. The van der Waals surface area contributed by atoms with E-state index in [1.165, 1.54) is 12.0 Å². The van der Waals surface area contributed by atoms with Crippen LogP contribution in [0.15, 0.2) is 30.3 Å². The van der Waals surface area contributed by atoms with Crippen molar-refractivity contribution < 1.29 is 23.9 Å². The first kappa shape index (κ1) is 17.8. The van der Waals surface area contributed by atoms with Gasteiger partial charge in [-0.1, -0.05) is 30.3 Å². The maximum absolute atomic E-state index is 12.3. The van der Waals surface area contributed by atoms with Crippen LogP contribution in [0.4, 0.5) is 4.79 Å². The Morgan fingerprint density at radius 1 is 1.21 bits per heavy atom. The van der Waals surface area contributed by atoms with Gasteiger partial charge in [0.15, 0.2) is 0 Å². The maximum Gasteiger partial charge on any atom is 0.407 e. The quantitative estimate of drug-likeness (QED) is 0.824. The summed E-state index contributed by atoms with van der Waals surface area (Å²) in [6, 6.07) is 8.68. The molecular weight excluding hydrogens is 312 g/mol. The van der Waals surface area contributed by atoms with E-state index in [9.17, 15) is 14.4 Å². The Balaban J connectivity index is 1.78. The first-order chi connectivity index (χ1) is 11.6. The van der Waals surface area contributed by atoms with Gasteiger partial charge >= 0.3 is 12.1 Å². The Morgan fingerprint density at radius 2 is 1.96 bits per heavy atom. The fourth-order valence-electron chi connectivity index (χ4n) is 2.63. The zero-order valence-electron chi connectivity index (χ0n) is 13.7. The summed E-state index contributed by atoms with van der Waals surface area (Å²) in [5, 5.41) is 2.42. The van der Waals surface area contributed by atoms with E-state index >= 15 is 0 Å². The summed E-state index contributed by atoms with van der Waals surface area (Å²) in [6.45, 7) is 0.413. The zero-order valence-corrected chi connectivity index (χ0v) is 13.7. The maximum atomic E-state index is 12.3. The van der Waals surface area contributed by atoms with Crippen molar-refractivity contribution in [3.8, 4) is 0 Å². The number of hydrogen-bond donors (Lipinski definition) is 1. The number of rotatable bonds is 5. The Labute approximate surface area is 140 Å². The topological polar surface area (TPSA) is 84.9 Å². The zero-order chi connectivity index (χ0) is 17.4. The molecule has 1 aliphatic rings. The molecule has 0 aliphatic carbocycles. The molecule has 1 aromatic carbocycles. The van der Waals surface area contributed by atoms with Crippen molar-refractivity contribution in [2.75, 3.05) is 20.2 Å². The lowest BCUT2D eigenvalue weighted by molar-refractivity contribution is -0.154. The standard InChI is InChI=1S/C17H22N2O5/c1-23-16(21)14-9-5-6-10-19(14)15(20)11-18-17(22)24-12-13-7-3-2-4-8-13/h2-4,7-8,14H,5-6,9-12H2,1H3,(H,18,22)/t14-/m1/s1. The van der Waals surface area contributed by atoms with E-state index in [1.54, 1.807) is 0 Å². The van der Waals surface area contributed by atoms with E-state index in [0.29, 0.717) is 13.0 Å². The molecule has 1 aliphatic heterocycles. The van der Waals surface area contributed by atoms with Crippen LogP contribution in [0.2, 0.25) is 0 Å². The highest BCUT2D eigenvalue weighted by atomic mass is 16.5. The van der Waals surface area contributed by atoms with Gasteiger partial charge in [0.1, 0.15) is 19.2 Å². The monoisotopic (exact) mass is 334 g/mol. The van der Waals surface area contributed by atoms with Crippen molar-refractivity contribution in [3.05, 3.63) is 35.9 Å². The molecular formula is C17H22N2O5. The number of likely N-dealkylation sites (tertiary alicyclic amines) is 1. The first-order valence-corrected chi connectivity index (χ1v) is 7.93. The first-order valence-electron chi connectivity index (χ1n) is 7.93. The Morgan fingerprint density at radius 3 is 2.67 bits per heavy atom. The average molecular weight is 334 g/mol. The molecule has 1 aromatic rings. The minimum atomic E-state index is -0.668. The van der Waals surface area contributed by atoms with E-state index < -0.39 is 18.1 Å². The molecule has 24 heavy (non-hydrogen) atoms. The highest BCUT2D eigenvalue weighted by molar-refractivity contribution is 5.87. The highest BCUT2D eigenvalue weighted by Gasteiger charge is 2.32. The van der Waals surface area contributed by atoms with Crippen LogP contribution in [0.1, 0.15) is 24.8 Å². The molecule has 0 radical (unpaired) electrons. The van der Waals surface area contributed by atoms with E-state index in [0.717, 1.165) is 18.4 Å². The number of carbonyl (C=O) groups is 3. The summed E-state index contributed by atoms with van der Waals surface area (Å²) in [6.07, 6.45) is 1.61. The third-order valence-electron chi connectivity index (χ3n) is 3.89. The smallest absolute Gasteiger partial charge is 0.407 e. The van der Waals surface area contributed by atoms with Gasteiger partial charge in [-0.15, -0.1) is 0 Å². The molecule has 0 spiro atoms. The summed E-state index contributed by atoms with van der Waals surface area (Å²) >= 11 is 0. The Bertz CT molecular complexity index is 576. The lowest BCUT2D eigenvalue weighted by Gasteiger charge is -2.33. The van der Waals surface area contributed by atoms with Gasteiger partial charge in [-0.25, -0.2) is 9.59 Å². The third-order valence-corrected chi connectivity index (χ3v) is 3.89. The van der Waals surface area contributed by atoms with Crippen molar-refractivity contribution in [2.45, 2.75) is 31.9 Å². The molecule has 7 heteroatoms. The molecule has 0 bridgehead atoms. The summed E-state index contributed by atoms with van der Waals surface area (Å²) in [5.74, 6) is -0.739. The summed E-state index contributed by atoms with van der Waals surface area (Å²) in [7, 11) is 1.30. The predicted molar refractivity (Wildman–Crippen MR) is 86.0 cm³/mol. The molecule has 1 fully saturated rings. The second kappa shape index (κ2) is 8.90. The molecule has 0 unspecified atom stereocenters. The molecule has 1 N–H and O–H groups in total. The minimum absolute atomic E-state index is 0.134. The largest absolute Gasteiger partial charge is 0.467 e. The number of nitrogens with zero attached hydrogens (tertiary/aromatic N) is 1. The van der Waals surface area contributed by atoms with Crippen molar-refractivity contribution in [2.24, 2.45) is 0 Å². The Kier molecular flexibility index (Phi) is 6.60. The second-order valence-corrected chi connectivity index (χ2v) is 5.54. The number of ether oxygens (including phenoxy) is 2. The van der Waals surface area contributed by atoms with Crippen LogP contribution in [0.25, 0.3) is 0 Å². The van der Waals surface area contributed by atoms with Gasteiger partial charge in [0.05, 0.1) is 7.11 Å². The van der Waals surface area contributed by atoms with Crippen LogP contribution in [-0.4, -0.2) is 49.1 Å². The predicted octanol–water partition coefficient (Wildman–Crippen LogP) is 1.47. The van der Waals surface area contributed by atoms with Crippen LogP contribution in [-0.2, 0) is 25.7 Å². The van der Waals surface area contributed by atoms with Crippen LogP contribution >= 0.6 is 0 Å². The van der Waals surface area contributed by atoms with Gasteiger partial charge in [0, 0.05) is 6.54 Å². The number of amides is 2. The van der Waals surface area contributed by atoms with Gasteiger partial charge in [0.25, 0.3) is 0 Å². The van der Waals surface area contributed by atoms with Crippen molar-refractivity contribution >= 4 is 18.0 Å². The van der Waals surface area contributed by atoms with Gasteiger partial charge in [-0.2, -0.15) is 0 Å². The number of hydrogen-bond acceptors (Lipinski definition) is 5. The highest BCUT2D eigenvalue weighted by Crippen LogP contribution is 2.18. The third kappa shape index (κ3) is 4.97. The molecule has 2 amide bonds. The van der Waals surface area contributed by atoms with Gasteiger partial charge < -0.3 is 19.7 Å². The lowest BCUT2D eigenvalue weighted by atomic mass is 10.0. The van der Waals surface area contributed by atoms with E-state index in [-0.39, 0.29) is 19.1 Å². The fourth-order valence-corrected chi connectivity index (χ4v) is 2.63. The number of nitrogens with one attached hydrogen (secondary N) is 1. The molecule has 1 saturated heterocycles. The van der Waals surface area contributed by atoms with E-state index in [4.69, 9.17) is 9.47 Å². The van der Waals surface area contributed by atoms with Crippen LogP contribution in [0.5, 0.6) is 0 Å². The lowest BCUT2D eigenvalue weighted by Crippen LogP contribution is -2.51. The molecule has 130 valence electrons. The number of esters is 1. The van der Waals surface area contributed by atoms with Gasteiger partial charge in [0.2, 0.25) is 5.91 Å². The fraction of sp³-hybridized carbons (Fsp3) is 0.471. The molecule has 0 aromatic heterocycles. The normalized spacial score (nSPS) is 17.0. The number of benzene rings is 1. The second-order valence-electron chi connectivity index (χ2n) is 5.54. The van der Waals surface area contributed by atoms with E-state index in [2.05, 4.69) is 5.32 Å². The minimum Gasteiger partial charge on any atom is -0.467 e. The molecule has 7 nitrogen and oxygen atoms in total. The van der Waals surface area contributed by atoms with Crippen LogP contribution < -0.4 is 5.32 Å². The number of carbonyl (C=O) groups excluding carboxylic acids is 3. The summed E-state index contributed by atoms with van der Waals surface area (Å²) in [4.78, 5) is 37.2. The average Bonchev–Trinajstić information content (AvgIpc) is 2.64. The number of methoxy groups -OCH3 is 1. The summed E-state index contributed by atoms with van der Waals surface area (Å²) < 4.78 is 9.79. The van der Waals surface area contributed by atoms with Crippen LogP contribution in [0.3, 0.4) is 0 Å². The van der Waals surface area contributed by atoms with Crippen molar-refractivity contribution in [1.29, 1.82) is 0 Å². The molecule has 1 atom stereocenters.